The van der Waals surface area contributed by atoms with Crippen molar-refractivity contribution in [2.45, 2.75) is 0 Å². The van der Waals surface area contributed by atoms with Crippen LogP contribution in [0.3, 0.4) is 0 Å². The van der Waals surface area contributed by atoms with Gasteiger partial charge in [0.25, 0.3) is 0 Å². The fourth-order valence-corrected chi connectivity index (χ4v) is 3.32. The van der Waals surface area contributed by atoms with Gasteiger partial charge in [-0.2, -0.15) is 0 Å². The molecule has 1 aliphatic heterocycles. The molecule has 1 N–H and O–H groups in total. The Hall–Kier alpha value is -2.13. The van der Waals surface area contributed by atoms with Gasteiger partial charge >= 0.3 is 0 Å². The number of benzene rings is 3. The highest BCUT2D eigenvalue weighted by molar-refractivity contribution is 8.02. The number of hydrogen-bond acceptors (Lipinski definition) is 3. The van der Waals surface area contributed by atoms with Crippen molar-refractivity contribution in [1.29, 1.82) is 0 Å². The molecule has 0 radical (unpaired) electrons. The number of fused-ring (bicyclic) bond motifs is 2. The van der Waals surface area contributed by atoms with E-state index in [1.165, 1.54) is 27.8 Å². The van der Waals surface area contributed by atoms with Crippen molar-refractivity contribution in [3.05, 3.63) is 66.7 Å². The molecular weight excluding hydrogens is 252 g/mol. The highest BCUT2D eigenvalue weighted by Crippen LogP contribution is 2.46. The number of nitrogens with zero attached hydrogens (tertiary/aromatic N) is 1. The number of para-hydroxylation sites is 2. The monoisotopic (exact) mass is 264 g/mol. The Bertz CT molecular complexity index is 749. The van der Waals surface area contributed by atoms with Gasteiger partial charge in [0.05, 0.1) is 29.2 Å². The molecule has 0 saturated heterocycles. The molecule has 0 atom stereocenters. The lowest BCUT2D eigenvalue weighted by Crippen LogP contribution is -2.03. The molecule has 0 amide bonds. The predicted molar refractivity (Wildman–Crippen MR) is 83.7 cm³/mol. The van der Waals surface area contributed by atoms with Crippen molar-refractivity contribution in [2.75, 3.05) is 9.03 Å². The molecule has 0 aliphatic carbocycles. The van der Waals surface area contributed by atoms with E-state index in [0.29, 0.717) is 0 Å². The molecule has 0 saturated carbocycles. The Labute approximate surface area is 116 Å². The quantitative estimate of drug-likeness (QED) is 0.625. The first kappa shape index (κ1) is 10.8. The maximum Gasteiger partial charge on any atom is 0.0782 e. The smallest absolute Gasteiger partial charge is 0.0782 e. The molecule has 4 rings (SSSR count). The van der Waals surface area contributed by atoms with Gasteiger partial charge in [0.1, 0.15) is 0 Å². The number of rotatable bonds is 1. The van der Waals surface area contributed by atoms with E-state index < -0.39 is 0 Å². The minimum atomic E-state index is 1.17. The summed E-state index contributed by atoms with van der Waals surface area (Å²) in [5.41, 5.74) is 3.60. The Balaban J connectivity index is 1.93. The second-order valence-corrected chi connectivity index (χ2v) is 5.25. The lowest BCUT2D eigenvalue weighted by Gasteiger charge is -2.18. The third-order valence-electron chi connectivity index (χ3n) is 3.36. The van der Waals surface area contributed by atoms with Crippen LogP contribution in [-0.4, -0.2) is 0 Å². The Morgan fingerprint density at radius 2 is 1.47 bits per heavy atom. The molecule has 0 fully saturated rings. The fourth-order valence-electron chi connectivity index (χ4n) is 2.45. The van der Waals surface area contributed by atoms with Crippen LogP contribution < -0.4 is 9.03 Å². The first-order valence-electron chi connectivity index (χ1n) is 6.23. The Morgan fingerprint density at radius 1 is 0.737 bits per heavy atom. The van der Waals surface area contributed by atoms with E-state index in [0.717, 1.165) is 0 Å². The maximum atomic E-state index is 3.36. The maximum absolute atomic E-state index is 3.36. The zero-order chi connectivity index (χ0) is 12.7. The number of anilines is 3. The summed E-state index contributed by atoms with van der Waals surface area (Å²) >= 11 is 1.62. The number of nitrogens with one attached hydrogen (secondary N) is 1. The van der Waals surface area contributed by atoms with E-state index in [-0.39, 0.29) is 0 Å². The first-order chi connectivity index (χ1) is 9.43. The average Bonchev–Trinajstić information content (AvgIpc) is 2.90. The normalized spacial score (nSPS) is 13.4. The Kier molecular flexibility index (Phi) is 2.38. The molecule has 92 valence electrons. The van der Waals surface area contributed by atoms with Gasteiger partial charge in [-0.25, -0.2) is 0 Å². The number of hydrogen-bond donors (Lipinski definition) is 1. The van der Waals surface area contributed by atoms with Crippen LogP contribution in [0.4, 0.5) is 17.1 Å². The highest BCUT2D eigenvalue weighted by Gasteiger charge is 2.22. The minimum Gasteiger partial charge on any atom is -0.310 e. The fraction of sp³-hybridized carbons (Fsp3) is 0. The summed E-state index contributed by atoms with van der Waals surface area (Å²) in [6.45, 7) is 0. The molecule has 0 aromatic heterocycles. The molecule has 0 bridgehead atoms. The van der Waals surface area contributed by atoms with Crippen LogP contribution >= 0.6 is 12.1 Å². The molecular formula is C16H12N2S. The molecule has 3 heteroatoms. The van der Waals surface area contributed by atoms with Crippen molar-refractivity contribution < 1.29 is 0 Å². The van der Waals surface area contributed by atoms with Crippen LogP contribution in [0.1, 0.15) is 0 Å². The third-order valence-corrected chi connectivity index (χ3v) is 4.24. The van der Waals surface area contributed by atoms with Gasteiger partial charge < -0.3 is 4.72 Å². The molecule has 19 heavy (non-hydrogen) atoms. The topological polar surface area (TPSA) is 15.3 Å². The molecule has 1 heterocycles. The summed E-state index contributed by atoms with van der Waals surface area (Å²) in [7, 11) is 0. The van der Waals surface area contributed by atoms with Crippen LogP contribution in [0.5, 0.6) is 0 Å². The van der Waals surface area contributed by atoms with Gasteiger partial charge in [0.15, 0.2) is 0 Å². The van der Waals surface area contributed by atoms with Crippen molar-refractivity contribution in [3.63, 3.8) is 0 Å². The van der Waals surface area contributed by atoms with Gasteiger partial charge in [-0.1, -0.05) is 48.5 Å². The summed E-state index contributed by atoms with van der Waals surface area (Å²) in [6.07, 6.45) is 0. The van der Waals surface area contributed by atoms with Crippen LogP contribution in [0.2, 0.25) is 0 Å². The molecule has 1 aliphatic rings. The van der Waals surface area contributed by atoms with Crippen molar-refractivity contribution >= 4 is 40.0 Å². The lowest BCUT2D eigenvalue weighted by atomic mass is 10.1. The van der Waals surface area contributed by atoms with E-state index in [9.17, 15) is 0 Å². The van der Waals surface area contributed by atoms with Gasteiger partial charge in [0, 0.05) is 5.39 Å². The van der Waals surface area contributed by atoms with Gasteiger partial charge in [-0.05, 0) is 23.6 Å². The van der Waals surface area contributed by atoms with Gasteiger partial charge in [0.2, 0.25) is 0 Å². The molecule has 0 spiro atoms. The molecule has 0 unspecified atom stereocenters. The summed E-state index contributed by atoms with van der Waals surface area (Å²) in [6, 6.07) is 23.3. The van der Waals surface area contributed by atoms with Crippen LogP contribution in [0.15, 0.2) is 66.7 Å². The third kappa shape index (κ3) is 1.66. The van der Waals surface area contributed by atoms with E-state index in [2.05, 4.69) is 75.8 Å². The summed E-state index contributed by atoms with van der Waals surface area (Å²) in [5, 5.41) is 2.54. The van der Waals surface area contributed by atoms with Crippen molar-refractivity contribution in [1.82, 2.24) is 0 Å². The van der Waals surface area contributed by atoms with E-state index in [1.54, 1.807) is 12.1 Å². The summed E-state index contributed by atoms with van der Waals surface area (Å²) in [4.78, 5) is 0. The second kappa shape index (κ2) is 4.21. The standard InChI is InChI=1S/C16H12N2S/c1-2-8-13-12(6-1)7-5-11-15(13)18-16-10-4-3-9-14(16)17-19-18/h1-11,17H. The van der Waals surface area contributed by atoms with Gasteiger partial charge in [-0.3, -0.25) is 4.31 Å². The molecule has 2 nitrogen and oxygen atoms in total. The van der Waals surface area contributed by atoms with Gasteiger partial charge in [-0.15, -0.1) is 0 Å². The predicted octanol–water partition coefficient (Wildman–Crippen LogP) is 4.97. The summed E-state index contributed by atoms with van der Waals surface area (Å²) in [5.74, 6) is 0. The Morgan fingerprint density at radius 3 is 2.47 bits per heavy atom. The molecule has 3 aromatic rings. The second-order valence-electron chi connectivity index (χ2n) is 4.50. The zero-order valence-corrected chi connectivity index (χ0v) is 11.0. The minimum absolute atomic E-state index is 1.17. The summed E-state index contributed by atoms with van der Waals surface area (Å²) < 4.78 is 5.60. The van der Waals surface area contributed by atoms with Crippen molar-refractivity contribution in [2.24, 2.45) is 0 Å². The van der Waals surface area contributed by atoms with E-state index in [1.807, 2.05) is 0 Å². The van der Waals surface area contributed by atoms with Crippen LogP contribution in [-0.2, 0) is 0 Å². The lowest BCUT2D eigenvalue weighted by molar-refractivity contribution is 1.49. The van der Waals surface area contributed by atoms with Crippen LogP contribution in [0.25, 0.3) is 10.8 Å². The highest BCUT2D eigenvalue weighted by atomic mass is 32.2. The molecule has 3 aromatic carbocycles. The largest absolute Gasteiger partial charge is 0.310 e. The first-order valence-corrected chi connectivity index (χ1v) is 7.01. The van der Waals surface area contributed by atoms with Crippen LogP contribution in [0, 0.1) is 0 Å². The van der Waals surface area contributed by atoms with Crippen molar-refractivity contribution in [3.8, 4) is 0 Å². The average molecular weight is 264 g/mol. The zero-order valence-electron chi connectivity index (χ0n) is 10.2. The van der Waals surface area contributed by atoms with E-state index >= 15 is 0 Å². The van der Waals surface area contributed by atoms with E-state index in [4.69, 9.17) is 0 Å². The SMILES string of the molecule is c1ccc2c(c1)NSN2c1cccc2ccccc12.